The van der Waals surface area contributed by atoms with Crippen molar-refractivity contribution in [1.82, 2.24) is 5.32 Å². The molecule has 3 nitrogen and oxygen atoms in total. The van der Waals surface area contributed by atoms with Crippen molar-refractivity contribution < 1.29 is 10.2 Å². The first-order valence-electron chi connectivity index (χ1n) is 3.79. The Morgan fingerprint density at radius 3 is 2.60 bits per heavy atom. The number of rotatable bonds is 1. The lowest BCUT2D eigenvalue weighted by molar-refractivity contribution is 0.0429. The van der Waals surface area contributed by atoms with Crippen LogP contribution in [-0.2, 0) is 0 Å². The molecule has 0 radical (unpaired) electrons. The molecular formula is C7H15NO2. The summed E-state index contributed by atoms with van der Waals surface area (Å²) in [6.07, 6.45) is 1.08. The van der Waals surface area contributed by atoms with E-state index in [0.717, 1.165) is 19.4 Å². The van der Waals surface area contributed by atoms with Gasteiger partial charge in [-0.3, -0.25) is 5.32 Å². The van der Waals surface area contributed by atoms with Crippen LogP contribution in [0.15, 0.2) is 0 Å². The van der Waals surface area contributed by atoms with Gasteiger partial charge >= 0.3 is 0 Å². The Morgan fingerprint density at radius 1 is 1.50 bits per heavy atom. The van der Waals surface area contributed by atoms with E-state index in [-0.39, 0.29) is 12.3 Å². The lowest BCUT2D eigenvalue weighted by atomic mass is 9.94. The average Bonchev–Trinajstić information content (AvgIpc) is 1.88. The number of piperidine rings is 1. The molecule has 0 bridgehead atoms. The quantitative estimate of drug-likeness (QED) is 0.474. The molecule has 3 heteroatoms. The maximum absolute atomic E-state index is 9.14. The molecule has 1 saturated heterocycles. The van der Waals surface area contributed by atoms with E-state index in [0.29, 0.717) is 5.92 Å². The summed E-state index contributed by atoms with van der Waals surface area (Å²) in [4.78, 5) is 0. The lowest BCUT2D eigenvalue weighted by Crippen LogP contribution is -2.42. The van der Waals surface area contributed by atoms with Crippen molar-refractivity contribution in [3.8, 4) is 0 Å². The van der Waals surface area contributed by atoms with E-state index in [1.165, 1.54) is 0 Å². The summed E-state index contributed by atoms with van der Waals surface area (Å²) in [6, 6.07) is 0. The standard InChI is InChI=1S/C7H15NO2/c1-5(9)6-2-3-7(10)8-4-6/h5-10H,2-4H2,1H3. The predicted octanol–water partition coefficient (Wildman–Crippen LogP) is -0.315. The minimum absolute atomic E-state index is 0.250. The first-order valence-corrected chi connectivity index (χ1v) is 3.79. The van der Waals surface area contributed by atoms with Crippen molar-refractivity contribution in [1.29, 1.82) is 0 Å². The van der Waals surface area contributed by atoms with Crippen molar-refractivity contribution in [2.24, 2.45) is 5.92 Å². The van der Waals surface area contributed by atoms with Gasteiger partial charge < -0.3 is 10.2 Å². The van der Waals surface area contributed by atoms with Crippen LogP contribution in [0.3, 0.4) is 0 Å². The summed E-state index contributed by atoms with van der Waals surface area (Å²) in [7, 11) is 0. The highest BCUT2D eigenvalue weighted by Gasteiger charge is 2.21. The van der Waals surface area contributed by atoms with Crippen LogP contribution in [0.5, 0.6) is 0 Å². The van der Waals surface area contributed by atoms with Crippen LogP contribution in [-0.4, -0.2) is 29.1 Å². The molecule has 1 heterocycles. The van der Waals surface area contributed by atoms with E-state index in [1.807, 2.05) is 0 Å². The molecule has 1 fully saturated rings. The molecule has 1 aliphatic heterocycles. The molecule has 0 saturated carbocycles. The highest BCUT2D eigenvalue weighted by atomic mass is 16.3. The second-order valence-electron chi connectivity index (χ2n) is 3.00. The molecule has 0 amide bonds. The fourth-order valence-electron chi connectivity index (χ4n) is 1.28. The van der Waals surface area contributed by atoms with Gasteiger partial charge in [0, 0.05) is 6.54 Å². The van der Waals surface area contributed by atoms with Crippen molar-refractivity contribution in [3.05, 3.63) is 0 Å². The molecule has 3 unspecified atom stereocenters. The molecule has 1 aliphatic rings. The normalized spacial score (nSPS) is 37.5. The Balaban J connectivity index is 2.26. The van der Waals surface area contributed by atoms with Crippen molar-refractivity contribution >= 4 is 0 Å². The highest BCUT2D eigenvalue weighted by molar-refractivity contribution is 4.74. The Labute approximate surface area is 61.1 Å². The molecular weight excluding hydrogens is 130 g/mol. The zero-order valence-electron chi connectivity index (χ0n) is 6.25. The summed E-state index contributed by atoms with van der Waals surface area (Å²) in [5.74, 6) is 0.323. The molecule has 0 aliphatic carbocycles. The first-order chi connectivity index (χ1) is 4.70. The minimum Gasteiger partial charge on any atom is -0.393 e. The van der Waals surface area contributed by atoms with Crippen LogP contribution in [0.1, 0.15) is 19.8 Å². The third-order valence-electron chi connectivity index (χ3n) is 2.11. The molecule has 0 spiro atoms. The maximum Gasteiger partial charge on any atom is 0.104 e. The Hall–Kier alpha value is -0.120. The number of aliphatic hydroxyl groups excluding tert-OH is 2. The van der Waals surface area contributed by atoms with Crippen LogP contribution >= 0.6 is 0 Å². The van der Waals surface area contributed by atoms with Crippen molar-refractivity contribution in [2.75, 3.05) is 6.54 Å². The number of aliphatic hydroxyl groups is 2. The fourth-order valence-corrected chi connectivity index (χ4v) is 1.28. The molecule has 0 aromatic heterocycles. The van der Waals surface area contributed by atoms with Gasteiger partial charge in [0.15, 0.2) is 0 Å². The second kappa shape index (κ2) is 3.32. The summed E-state index contributed by atoms with van der Waals surface area (Å²) in [5.41, 5.74) is 0. The Bertz CT molecular complexity index is 97.8. The molecule has 1 rings (SSSR count). The van der Waals surface area contributed by atoms with Gasteiger partial charge in [-0.15, -0.1) is 0 Å². The largest absolute Gasteiger partial charge is 0.393 e. The third kappa shape index (κ3) is 1.94. The molecule has 0 aromatic rings. The number of nitrogens with one attached hydrogen (secondary N) is 1. The molecule has 10 heavy (non-hydrogen) atoms. The van der Waals surface area contributed by atoms with Gasteiger partial charge in [0.05, 0.1) is 6.10 Å². The second-order valence-corrected chi connectivity index (χ2v) is 3.00. The smallest absolute Gasteiger partial charge is 0.104 e. The van der Waals surface area contributed by atoms with Crippen LogP contribution in [0.25, 0.3) is 0 Å². The highest BCUT2D eigenvalue weighted by Crippen LogP contribution is 2.15. The summed E-state index contributed by atoms with van der Waals surface area (Å²) in [6.45, 7) is 2.53. The van der Waals surface area contributed by atoms with Gasteiger partial charge in [0.1, 0.15) is 6.23 Å². The Morgan fingerprint density at radius 2 is 2.20 bits per heavy atom. The van der Waals surface area contributed by atoms with Crippen molar-refractivity contribution in [2.45, 2.75) is 32.1 Å². The van der Waals surface area contributed by atoms with E-state index in [2.05, 4.69) is 5.32 Å². The summed E-state index contributed by atoms with van der Waals surface area (Å²) >= 11 is 0. The molecule has 60 valence electrons. The SMILES string of the molecule is CC(O)C1CCC(O)NC1. The topological polar surface area (TPSA) is 52.5 Å². The number of hydrogen-bond acceptors (Lipinski definition) is 3. The van der Waals surface area contributed by atoms with E-state index in [1.54, 1.807) is 6.92 Å². The van der Waals surface area contributed by atoms with E-state index < -0.39 is 0 Å². The van der Waals surface area contributed by atoms with Gasteiger partial charge in [0.25, 0.3) is 0 Å². The van der Waals surface area contributed by atoms with Gasteiger partial charge in [-0.25, -0.2) is 0 Å². The van der Waals surface area contributed by atoms with Crippen LogP contribution in [0, 0.1) is 5.92 Å². The zero-order valence-corrected chi connectivity index (χ0v) is 6.25. The molecule has 3 atom stereocenters. The minimum atomic E-state index is -0.352. The maximum atomic E-state index is 9.14. The first kappa shape index (κ1) is 7.98. The third-order valence-corrected chi connectivity index (χ3v) is 2.11. The van der Waals surface area contributed by atoms with Gasteiger partial charge in [-0.05, 0) is 25.7 Å². The fraction of sp³-hybridized carbons (Fsp3) is 1.00. The van der Waals surface area contributed by atoms with Crippen molar-refractivity contribution in [3.63, 3.8) is 0 Å². The van der Waals surface area contributed by atoms with Crippen LogP contribution in [0.4, 0.5) is 0 Å². The molecule has 0 aromatic carbocycles. The molecule has 3 N–H and O–H groups in total. The number of hydrogen-bond donors (Lipinski definition) is 3. The van der Waals surface area contributed by atoms with Crippen LogP contribution in [0.2, 0.25) is 0 Å². The van der Waals surface area contributed by atoms with Gasteiger partial charge in [-0.2, -0.15) is 0 Å². The summed E-state index contributed by atoms with van der Waals surface area (Å²) in [5, 5.41) is 21.1. The van der Waals surface area contributed by atoms with E-state index in [9.17, 15) is 0 Å². The summed E-state index contributed by atoms with van der Waals surface area (Å²) < 4.78 is 0. The average molecular weight is 145 g/mol. The van der Waals surface area contributed by atoms with Gasteiger partial charge in [-0.1, -0.05) is 0 Å². The Kier molecular flexibility index (Phi) is 2.65. The van der Waals surface area contributed by atoms with E-state index >= 15 is 0 Å². The van der Waals surface area contributed by atoms with E-state index in [4.69, 9.17) is 10.2 Å². The zero-order chi connectivity index (χ0) is 7.56. The van der Waals surface area contributed by atoms with Crippen LogP contribution < -0.4 is 5.32 Å². The van der Waals surface area contributed by atoms with Gasteiger partial charge in [0.2, 0.25) is 0 Å². The monoisotopic (exact) mass is 145 g/mol. The lowest BCUT2D eigenvalue weighted by Gasteiger charge is -2.28. The predicted molar refractivity (Wildman–Crippen MR) is 38.4 cm³/mol.